The first-order chi connectivity index (χ1) is 10.2. The summed E-state index contributed by atoms with van der Waals surface area (Å²) in [5.41, 5.74) is 2.37. The van der Waals surface area contributed by atoms with Crippen LogP contribution in [0.5, 0.6) is 0 Å². The maximum Gasteiger partial charge on any atom is 0.0900 e. The lowest BCUT2D eigenvalue weighted by Gasteiger charge is -2.34. The van der Waals surface area contributed by atoms with E-state index in [1.165, 1.54) is 21.3 Å². The Hall–Kier alpha value is -1.30. The first-order valence-corrected chi connectivity index (χ1v) is 8.30. The second kappa shape index (κ2) is 6.64. The van der Waals surface area contributed by atoms with Crippen LogP contribution in [0.3, 0.4) is 0 Å². The number of piperazine rings is 1. The van der Waals surface area contributed by atoms with Crippen LogP contribution in [0.15, 0.2) is 24.4 Å². The van der Waals surface area contributed by atoms with Gasteiger partial charge in [-0.2, -0.15) is 0 Å². The van der Waals surface area contributed by atoms with Crippen LogP contribution in [0.25, 0.3) is 0 Å². The lowest BCUT2D eigenvalue weighted by atomic mass is 10.2. The van der Waals surface area contributed by atoms with Crippen LogP contribution in [0, 0.1) is 13.8 Å². The van der Waals surface area contributed by atoms with Gasteiger partial charge in [0.15, 0.2) is 0 Å². The zero-order valence-electron chi connectivity index (χ0n) is 12.7. The summed E-state index contributed by atoms with van der Waals surface area (Å²) in [4.78, 5) is 15.4. The van der Waals surface area contributed by atoms with Gasteiger partial charge in [-0.3, -0.25) is 14.8 Å². The summed E-state index contributed by atoms with van der Waals surface area (Å²) >= 11 is 1.84. The van der Waals surface area contributed by atoms with Crippen molar-refractivity contribution in [3.05, 3.63) is 45.7 Å². The molecule has 1 fully saturated rings. The number of nitrogens with zero attached hydrogens (tertiary/aromatic N) is 4. The third-order valence-electron chi connectivity index (χ3n) is 3.94. The predicted octanol–water partition coefficient (Wildman–Crippen LogP) is 2.47. The van der Waals surface area contributed by atoms with Gasteiger partial charge in [-0.1, -0.05) is 6.07 Å². The minimum atomic E-state index is 0.966. The first-order valence-electron chi connectivity index (χ1n) is 7.48. The largest absolute Gasteiger partial charge is 0.296 e. The predicted molar refractivity (Wildman–Crippen MR) is 86.4 cm³/mol. The van der Waals surface area contributed by atoms with Crippen LogP contribution in [-0.2, 0) is 13.1 Å². The minimum Gasteiger partial charge on any atom is -0.296 e. The highest BCUT2D eigenvalue weighted by atomic mass is 32.1. The van der Waals surface area contributed by atoms with Gasteiger partial charge in [0.05, 0.1) is 16.4 Å². The molecule has 0 aromatic carbocycles. The Labute approximate surface area is 130 Å². The Morgan fingerprint density at radius 3 is 2.33 bits per heavy atom. The molecular formula is C16H22N4S. The molecule has 0 N–H and O–H groups in total. The van der Waals surface area contributed by atoms with Crippen LogP contribution >= 0.6 is 11.3 Å². The van der Waals surface area contributed by atoms with E-state index < -0.39 is 0 Å². The lowest BCUT2D eigenvalue weighted by Crippen LogP contribution is -2.45. The highest BCUT2D eigenvalue weighted by molar-refractivity contribution is 7.11. The van der Waals surface area contributed by atoms with E-state index in [1.807, 2.05) is 23.6 Å². The van der Waals surface area contributed by atoms with Crippen LogP contribution in [-0.4, -0.2) is 45.9 Å². The average molecular weight is 302 g/mol. The number of hydrogen-bond donors (Lipinski definition) is 0. The smallest absolute Gasteiger partial charge is 0.0900 e. The molecule has 21 heavy (non-hydrogen) atoms. The van der Waals surface area contributed by atoms with Crippen molar-refractivity contribution < 1.29 is 0 Å². The summed E-state index contributed by atoms with van der Waals surface area (Å²) in [5, 5.41) is 1.18. The van der Waals surface area contributed by atoms with E-state index in [4.69, 9.17) is 0 Å². The van der Waals surface area contributed by atoms with Crippen molar-refractivity contribution in [3.63, 3.8) is 0 Å². The van der Waals surface area contributed by atoms with Crippen molar-refractivity contribution >= 4 is 11.3 Å². The van der Waals surface area contributed by atoms with Crippen molar-refractivity contribution in [2.24, 2.45) is 0 Å². The molecule has 0 bridgehead atoms. The van der Waals surface area contributed by atoms with Gasteiger partial charge in [0, 0.05) is 50.3 Å². The molecule has 3 rings (SSSR count). The fraction of sp³-hybridized carbons (Fsp3) is 0.500. The van der Waals surface area contributed by atoms with Gasteiger partial charge in [-0.25, -0.2) is 4.98 Å². The summed E-state index contributed by atoms with van der Waals surface area (Å²) in [6, 6.07) is 6.14. The summed E-state index contributed by atoms with van der Waals surface area (Å²) in [6.07, 6.45) is 1.88. The van der Waals surface area contributed by atoms with Gasteiger partial charge in [0.2, 0.25) is 0 Å². The molecule has 2 aromatic rings. The van der Waals surface area contributed by atoms with E-state index in [2.05, 4.69) is 45.7 Å². The first kappa shape index (κ1) is 14.6. The molecular weight excluding hydrogens is 280 g/mol. The molecule has 1 aliphatic heterocycles. The Morgan fingerprint density at radius 1 is 1.05 bits per heavy atom. The van der Waals surface area contributed by atoms with Gasteiger partial charge >= 0.3 is 0 Å². The molecule has 5 heteroatoms. The zero-order chi connectivity index (χ0) is 14.7. The molecule has 0 spiro atoms. The van der Waals surface area contributed by atoms with Crippen molar-refractivity contribution in [1.29, 1.82) is 0 Å². The van der Waals surface area contributed by atoms with Crippen LogP contribution in [0.4, 0.5) is 0 Å². The van der Waals surface area contributed by atoms with E-state index in [0.29, 0.717) is 0 Å². The number of hydrogen-bond acceptors (Lipinski definition) is 5. The average Bonchev–Trinajstić information content (AvgIpc) is 2.80. The third-order valence-corrected chi connectivity index (χ3v) is 5.00. The van der Waals surface area contributed by atoms with Crippen molar-refractivity contribution in [3.8, 4) is 0 Å². The highest BCUT2D eigenvalue weighted by Gasteiger charge is 2.18. The third kappa shape index (κ3) is 3.87. The standard InChI is InChI=1S/C16H22N4S/c1-13-16(21-14(2)18-13)12-20-9-7-19(8-10-20)11-15-5-3-4-6-17-15/h3-6H,7-12H2,1-2H3. The zero-order valence-corrected chi connectivity index (χ0v) is 13.6. The van der Waals surface area contributed by atoms with Gasteiger partial charge in [-0.05, 0) is 26.0 Å². The second-order valence-electron chi connectivity index (χ2n) is 5.61. The van der Waals surface area contributed by atoms with E-state index >= 15 is 0 Å². The van der Waals surface area contributed by atoms with E-state index in [-0.39, 0.29) is 0 Å². The quantitative estimate of drug-likeness (QED) is 0.868. The van der Waals surface area contributed by atoms with Gasteiger partial charge in [0.1, 0.15) is 0 Å². The van der Waals surface area contributed by atoms with E-state index in [1.54, 1.807) is 0 Å². The monoisotopic (exact) mass is 302 g/mol. The maximum atomic E-state index is 4.52. The van der Waals surface area contributed by atoms with Crippen molar-refractivity contribution in [1.82, 2.24) is 19.8 Å². The summed E-state index contributed by atoms with van der Waals surface area (Å²) in [7, 11) is 0. The number of rotatable bonds is 4. The van der Waals surface area contributed by atoms with Gasteiger partial charge in [0.25, 0.3) is 0 Å². The summed E-state index contributed by atoms with van der Waals surface area (Å²) in [6.45, 7) is 10.7. The Morgan fingerprint density at radius 2 is 1.76 bits per heavy atom. The fourth-order valence-corrected chi connectivity index (χ4v) is 3.73. The van der Waals surface area contributed by atoms with Gasteiger partial charge in [-0.15, -0.1) is 11.3 Å². The molecule has 3 heterocycles. The van der Waals surface area contributed by atoms with Crippen LogP contribution in [0.1, 0.15) is 21.3 Å². The van der Waals surface area contributed by atoms with E-state index in [9.17, 15) is 0 Å². The Balaban J connectivity index is 1.50. The molecule has 0 atom stereocenters. The molecule has 1 saturated heterocycles. The number of pyridine rings is 1. The second-order valence-corrected chi connectivity index (χ2v) is 6.90. The Bertz CT molecular complexity index is 573. The SMILES string of the molecule is Cc1nc(C)c(CN2CCN(Cc3ccccn3)CC2)s1. The normalized spacial score (nSPS) is 17.2. The number of aromatic nitrogens is 2. The molecule has 0 aliphatic carbocycles. The number of aryl methyl sites for hydroxylation is 2. The van der Waals surface area contributed by atoms with E-state index in [0.717, 1.165) is 39.3 Å². The highest BCUT2D eigenvalue weighted by Crippen LogP contribution is 2.20. The van der Waals surface area contributed by atoms with Gasteiger partial charge < -0.3 is 0 Å². The molecule has 0 saturated carbocycles. The van der Waals surface area contributed by atoms with Crippen LogP contribution < -0.4 is 0 Å². The molecule has 1 aliphatic rings. The number of thiazole rings is 1. The lowest BCUT2D eigenvalue weighted by molar-refractivity contribution is 0.121. The maximum absolute atomic E-state index is 4.52. The Kier molecular flexibility index (Phi) is 4.63. The molecule has 0 amide bonds. The fourth-order valence-electron chi connectivity index (χ4n) is 2.75. The molecule has 0 radical (unpaired) electrons. The van der Waals surface area contributed by atoms with Crippen molar-refractivity contribution in [2.45, 2.75) is 26.9 Å². The summed E-state index contributed by atoms with van der Waals surface area (Å²) in [5.74, 6) is 0. The molecule has 0 unspecified atom stereocenters. The minimum absolute atomic E-state index is 0.966. The van der Waals surface area contributed by atoms with Crippen molar-refractivity contribution in [2.75, 3.05) is 26.2 Å². The van der Waals surface area contributed by atoms with Crippen LogP contribution in [0.2, 0.25) is 0 Å². The summed E-state index contributed by atoms with van der Waals surface area (Å²) < 4.78 is 0. The molecule has 2 aromatic heterocycles. The molecule has 4 nitrogen and oxygen atoms in total. The molecule has 112 valence electrons. The topological polar surface area (TPSA) is 32.3 Å².